The van der Waals surface area contributed by atoms with Gasteiger partial charge in [-0.25, -0.2) is 18.7 Å². The molecule has 0 fully saturated rings. The van der Waals surface area contributed by atoms with Gasteiger partial charge in [-0.1, -0.05) is 12.1 Å². The monoisotopic (exact) mass is 316 g/mol. The first-order valence-electron chi connectivity index (χ1n) is 6.73. The number of imidazole rings is 1. The number of anilines is 1. The second-order valence-electron chi connectivity index (χ2n) is 4.76. The summed E-state index contributed by atoms with van der Waals surface area (Å²) < 4.78 is 20.0. The SMILES string of the molecule is COc1ccc(CNc2cc(F)c3ncc(C(=O)O)n3n2)cc1. The van der Waals surface area contributed by atoms with Gasteiger partial charge in [-0.15, -0.1) is 5.10 Å². The van der Waals surface area contributed by atoms with Crippen LogP contribution in [0.3, 0.4) is 0 Å². The van der Waals surface area contributed by atoms with Crippen LogP contribution < -0.4 is 10.1 Å². The molecule has 0 atom stereocenters. The van der Waals surface area contributed by atoms with Crippen LogP contribution >= 0.6 is 0 Å². The number of carboxylic acid groups (broad SMARTS) is 1. The number of fused-ring (bicyclic) bond motifs is 1. The van der Waals surface area contributed by atoms with E-state index >= 15 is 0 Å². The van der Waals surface area contributed by atoms with Crippen molar-refractivity contribution in [1.82, 2.24) is 14.6 Å². The highest BCUT2D eigenvalue weighted by molar-refractivity contribution is 5.86. The fraction of sp³-hybridized carbons (Fsp3) is 0.133. The molecule has 2 aromatic heterocycles. The number of rotatable bonds is 5. The minimum absolute atomic E-state index is 0.127. The smallest absolute Gasteiger partial charge is 0.356 e. The van der Waals surface area contributed by atoms with Crippen LogP contribution in [0.5, 0.6) is 5.75 Å². The fourth-order valence-corrected chi connectivity index (χ4v) is 2.10. The third-order valence-electron chi connectivity index (χ3n) is 3.27. The number of nitrogens with one attached hydrogen (secondary N) is 1. The van der Waals surface area contributed by atoms with Gasteiger partial charge in [-0.2, -0.15) is 0 Å². The largest absolute Gasteiger partial charge is 0.497 e. The molecule has 7 nitrogen and oxygen atoms in total. The van der Waals surface area contributed by atoms with Gasteiger partial charge >= 0.3 is 5.97 Å². The van der Waals surface area contributed by atoms with E-state index < -0.39 is 11.8 Å². The lowest BCUT2D eigenvalue weighted by molar-refractivity contribution is 0.0688. The van der Waals surface area contributed by atoms with Gasteiger partial charge < -0.3 is 15.2 Å². The zero-order chi connectivity index (χ0) is 16.4. The van der Waals surface area contributed by atoms with Crippen LogP contribution in [0.2, 0.25) is 0 Å². The van der Waals surface area contributed by atoms with Crippen molar-refractivity contribution in [3.63, 3.8) is 0 Å². The van der Waals surface area contributed by atoms with Gasteiger partial charge in [0, 0.05) is 12.6 Å². The number of aromatic carboxylic acids is 1. The third-order valence-corrected chi connectivity index (χ3v) is 3.27. The zero-order valence-electron chi connectivity index (χ0n) is 12.2. The molecule has 0 aliphatic heterocycles. The molecule has 2 N–H and O–H groups in total. The Morgan fingerprint density at radius 3 is 2.78 bits per heavy atom. The molecule has 0 unspecified atom stereocenters. The number of carbonyl (C=O) groups is 1. The maximum atomic E-state index is 14.0. The van der Waals surface area contributed by atoms with Crippen LogP contribution in [0.25, 0.3) is 5.65 Å². The molecule has 0 aliphatic carbocycles. The van der Waals surface area contributed by atoms with Crippen molar-refractivity contribution >= 4 is 17.4 Å². The van der Waals surface area contributed by atoms with E-state index in [1.807, 2.05) is 24.3 Å². The molecule has 8 heteroatoms. The first-order valence-corrected chi connectivity index (χ1v) is 6.73. The maximum Gasteiger partial charge on any atom is 0.356 e. The van der Waals surface area contributed by atoms with Gasteiger partial charge in [-0.05, 0) is 17.7 Å². The standard InChI is InChI=1S/C15H13FN4O3/c1-23-10-4-2-9(3-5-10)7-17-13-6-11(16)14-18-8-12(15(21)22)20(14)19-13/h2-6,8H,7H2,1H3,(H,17,19)(H,21,22). The number of halogens is 1. The highest BCUT2D eigenvalue weighted by atomic mass is 19.1. The number of hydrogen-bond acceptors (Lipinski definition) is 5. The Hall–Kier alpha value is -3.16. The Bertz CT molecular complexity index is 861. The topological polar surface area (TPSA) is 88.8 Å². The van der Waals surface area contributed by atoms with Crippen LogP contribution in [-0.4, -0.2) is 32.8 Å². The minimum atomic E-state index is -1.23. The molecular formula is C15H13FN4O3. The predicted octanol–water partition coefficient (Wildman–Crippen LogP) is 2.19. The highest BCUT2D eigenvalue weighted by Crippen LogP contribution is 2.16. The van der Waals surface area contributed by atoms with Gasteiger partial charge in [0.15, 0.2) is 17.2 Å². The quantitative estimate of drug-likeness (QED) is 0.750. The molecule has 2 heterocycles. The van der Waals surface area contributed by atoms with Gasteiger partial charge in [0.2, 0.25) is 0 Å². The van der Waals surface area contributed by atoms with E-state index in [1.54, 1.807) is 7.11 Å². The summed E-state index contributed by atoms with van der Waals surface area (Å²) in [7, 11) is 1.58. The second-order valence-corrected chi connectivity index (χ2v) is 4.76. The van der Waals surface area contributed by atoms with Crippen molar-refractivity contribution < 1.29 is 19.0 Å². The number of hydrogen-bond donors (Lipinski definition) is 2. The van der Waals surface area contributed by atoms with Crippen molar-refractivity contribution in [1.29, 1.82) is 0 Å². The summed E-state index contributed by atoms with van der Waals surface area (Å²) in [5.74, 6) is -0.920. The first kappa shape index (κ1) is 14.8. The summed E-state index contributed by atoms with van der Waals surface area (Å²) in [4.78, 5) is 14.8. The van der Waals surface area contributed by atoms with Crippen LogP contribution in [0, 0.1) is 5.82 Å². The van der Waals surface area contributed by atoms with Gasteiger partial charge in [0.25, 0.3) is 0 Å². The molecule has 118 valence electrons. The van der Waals surface area contributed by atoms with E-state index in [-0.39, 0.29) is 17.2 Å². The van der Waals surface area contributed by atoms with Crippen molar-refractivity contribution in [3.05, 3.63) is 53.6 Å². The average Bonchev–Trinajstić information content (AvgIpc) is 2.98. The molecule has 0 bridgehead atoms. The van der Waals surface area contributed by atoms with Gasteiger partial charge in [-0.3, -0.25) is 0 Å². The molecular weight excluding hydrogens is 303 g/mol. The molecule has 0 spiro atoms. The summed E-state index contributed by atoms with van der Waals surface area (Å²) in [6.45, 7) is 0.402. The second kappa shape index (κ2) is 5.91. The Morgan fingerprint density at radius 1 is 1.39 bits per heavy atom. The number of carboxylic acids is 1. The minimum Gasteiger partial charge on any atom is -0.497 e. The summed E-state index contributed by atoms with van der Waals surface area (Å²) in [6, 6.07) is 8.53. The summed E-state index contributed by atoms with van der Waals surface area (Å²) >= 11 is 0. The fourth-order valence-electron chi connectivity index (χ4n) is 2.10. The Balaban J connectivity index is 1.84. The van der Waals surface area contributed by atoms with Crippen molar-refractivity contribution in [3.8, 4) is 5.75 Å². The molecule has 0 aliphatic rings. The van der Waals surface area contributed by atoms with Crippen molar-refractivity contribution in [2.24, 2.45) is 0 Å². The Kier molecular flexibility index (Phi) is 3.80. The van der Waals surface area contributed by atoms with E-state index in [0.717, 1.165) is 22.0 Å². The van der Waals surface area contributed by atoms with Crippen LogP contribution in [0.4, 0.5) is 10.2 Å². The van der Waals surface area contributed by atoms with Crippen molar-refractivity contribution in [2.75, 3.05) is 12.4 Å². The van der Waals surface area contributed by atoms with E-state index in [4.69, 9.17) is 9.84 Å². The molecule has 3 rings (SSSR count). The van der Waals surface area contributed by atoms with Crippen LogP contribution in [0.15, 0.2) is 36.5 Å². The lowest BCUT2D eigenvalue weighted by Gasteiger charge is -2.08. The number of ether oxygens (including phenoxy) is 1. The average molecular weight is 316 g/mol. The lowest BCUT2D eigenvalue weighted by atomic mass is 10.2. The molecule has 1 aromatic carbocycles. The van der Waals surface area contributed by atoms with E-state index in [1.165, 1.54) is 6.07 Å². The summed E-state index contributed by atoms with van der Waals surface area (Å²) in [5, 5.41) is 16.1. The van der Waals surface area contributed by atoms with Gasteiger partial charge in [0.05, 0.1) is 13.3 Å². The molecule has 3 aromatic rings. The highest BCUT2D eigenvalue weighted by Gasteiger charge is 2.15. The zero-order valence-corrected chi connectivity index (χ0v) is 12.2. The first-order chi connectivity index (χ1) is 11.1. The summed E-state index contributed by atoms with van der Waals surface area (Å²) in [5.41, 5.74) is 0.613. The predicted molar refractivity (Wildman–Crippen MR) is 80.2 cm³/mol. The molecule has 0 saturated carbocycles. The number of nitrogens with zero attached hydrogens (tertiary/aromatic N) is 3. The normalized spacial score (nSPS) is 10.7. The van der Waals surface area contributed by atoms with E-state index in [0.29, 0.717) is 6.54 Å². The maximum absolute atomic E-state index is 14.0. The molecule has 0 radical (unpaired) electrons. The third kappa shape index (κ3) is 2.91. The summed E-state index contributed by atoms with van der Waals surface area (Å²) in [6.07, 6.45) is 1.07. The van der Waals surface area contributed by atoms with E-state index in [9.17, 15) is 9.18 Å². The van der Waals surface area contributed by atoms with Crippen LogP contribution in [-0.2, 0) is 6.54 Å². The number of methoxy groups -OCH3 is 1. The van der Waals surface area contributed by atoms with E-state index in [2.05, 4.69) is 15.4 Å². The Morgan fingerprint density at radius 2 is 2.13 bits per heavy atom. The van der Waals surface area contributed by atoms with Gasteiger partial charge in [0.1, 0.15) is 11.6 Å². The molecule has 23 heavy (non-hydrogen) atoms. The lowest BCUT2D eigenvalue weighted by Crippen LogP contribution is -2.09. The molecule has 0 saturated heterocycles. The number of aromatic nitrogens is 3. The van der Waals surface area contributed by atoms with Crippen molar-refractivity contribution in [2.45, 2.75) is 6.54 Å². The number of benzene rings is 1. The van der Waals surface area contributed by atoms with Crippen LogP contribution in [0.1, 0.15) is 16.1 Å². The molecule has 0 amide bonds. The Labute approximate surface area is 130 Å².